The van der Waals surface area contributed by atoms with Gasteiger partial charge in [0.15, 0.2) is 0 Å². The Morgan fingerprint density at radius 3 is 1.25 bits per heavy atom. The molecule has 0 aromatic carbocycles. The molecular formula is C18H26O4S2. The third kappa shape index (κ3) is 9.52. The molecule has 0 saturated heterocycles. The van der Waals surface area contributed by atoms with Crippen LogP contribution in [0.15, 0.2) is 35.0 Å². The lowest BCUT2D eigenvalue weighted by Gasteiger charge is -2.07. The van der Waals surface area contributed by atoms with Crippen LogP contribution in [0.5, 0.6) is 0 Å². The first kappa shape index (κ1) is 19.6. The molecule has 0 N–H and O–H groups in total. The standard InChI is InChI=1S/C18H26O4S2/c1-3-17(23-15-1)5-7-19-9-11-21-13-14-22-12-10-20-8-6-18-4-2-16-24-18/h1-4,15-16H,5-14H2. The second-order valence-corrected chi connectivity index (χ2v) is 7.17. The molecule has 0 aliphatic heterocycles. The van der Waals surface area contributed by atoms with Crippen LogP contribution in [0.2, 0.25) is 0 Å². The van der Waals surface area contributed by atoms with Gasteiger partial charge in [0.1, 0.15) is 0 Å². The average Bonchev–Trinajstić information content (AvgIpc) is 3.28. The van der Waals surface area contributed by atoms with Gasteiger partial charge in [-0.3, -0.25) is 0 Å². The van der Waals surface area contributed by atoms with Gasteiger partial charge in [-0.25, -0.2) is 0 Å². The van der Waals surface area contributed by atoms with E-state index in [2.05, 4.69) is 35.0 Å². The molecular weight excluding hydrogens is 344 g/mol. The minimum absolute atomic E-state index is 0.601. The zero-order valence-corrected chi connectivity index (χ0v) is 15.6. The van der Waals surface area contributed by atoms with E-state index in [0.29, 0.717) is 39.6 Å². The van der Waals surface area contributed by atoms with E-state index in [1.807, 2.05) is 0 Å². The highest BCUT2D eigenvalue weighted by molar-refractivity contribution is 7.10. The van der Waals surface area contributed by atoms with Gasteiger partial charge in [-0.2, -0.15) is 0 Å². The van der Waals surface area contributed by atoms with Crippen LogP contribution in [0.4, 0.5) is 0 Å². The molecule has 2 aromatic heterocycles. The predicted octanol–water partition coefficient (Wildman–Crippen LogP) is 3.66. The fraction of sp³-hybridized carbons (Fsp3) is 0.556. The summed E-state index contributed by atoms with van der Waals surface area (Å²) in [4.78, 5) is 2.73. The monoisotopic (exact) mass is 370 g/mol. The SMILES string of the molecule is c1csc(CCOCCOCCOCCOCCc2cccs2)c1. The summed E-state index contributed by atoms with van der Waals surface area (Å²) in [6.45, 7) is 5.21. The maximum absolute atomic E-state index is 5.53. The molecule has 24 heavy (non-hydrogen) atoms. The molecule has 2 aromatic rings. The van der Waals surface area contributed by atoms with Crippen molar-refractivity contribution in [2.45, 2.75) is 12.8 Å². The van der Waals surface area contributed by atoms with Gasteiger partial charge < -0.3 is 18.9 Å². The molecule has 0 aliphatic carbocycles. The Morgan fingerprint density at radius 2 is 0.917 bits per heavy atom. The van der Waals surface area contributed by atoms with Crippen LogP contribution in [0.25, 0.3) is 0 Å². The summed E-state index contributed by atoms with van der Waals surface area (Å²) in [7, 11) is 0. The van der Waals surface area contributed by atoms with Crippen molar-refractivity contribution in [2.24, 2.45) is 0 Å². The highest BCUT2D eigenvalue weighted by atomic mass is 32.1. The summed E-state index contributed by atoms with van der Waals surface area (Å²) < 4.78 is 22.0. The summed E-state index contributed by atoms with van der Waals surface area (Å²) in [5.74, 6) is 0. The fourth-order valence-electron chi connectivity index (χ4n) is 2.02. The lowest BCUT2D eigenvalue weighted by atomic mass is 10.4. The normalized spacial score (nSPS) is 11.2. The molecule has 6 heteroatoms. The quantitative estimate of drug-likeness (QED) is 0.448. The summed E-state index contributed by atoms with van der Waals surface area (Å²) >= 11 is 3.54. The van der Waals surface area contributed by atoms with Crippen LogP contribution in [0.1, 0.15) is 9.75 Å². The first-order chi connectivity index (χ1) is 11.9. The van der Waals surface area contributed by atoms with Gasteiger partial charge in [-0.15, -0.1) is 22.7 Å². The number of hydrogen-bond acceptors (Lipinski definition) is 6. The number of thiophene rings is 2. The van der Waals surface area contributed by atoms with Crippen molar-refractivity contribution in [2.75, 3.05) is 52.9 Å². The molecule has 2 heterocycles. The Bertz CT molecular complexity index is 439. The van der Waals surface area contributed by atoms with Gasteiger partial charge in [-0.05, 0) is 22.9 Å². The molecule has 0 fully saturated rings. The van der Waals surface area contributed by atoms with Crippen LogP contribution >= 0.6 is 22.7 Å². The lowest BCUT2D eigenvalue weighted by molar-refractivity contribution is -0.00108. The van der Waals surface area contributed by atoms with Gasteiger partial charge in [0, 0.05) is 22.6 Å². The molecule has 2 rings (SSSR count). The van der Waals surface area contributed by atoms with Crippen molar-refractivity contribution >= 4 is 22.7 Å². The van der Waals surface area contributed by atoms with Crippen molar-refractivity contribution in [1.82, 2.24) is 0 Å². The average molecular weight is 371 g/mol. The minimum atomic E-state index is 0.601. The van der Waals surface area contributed by atoms with Crippen LogP contribution in [0, 0.1) is 0 Å². The van der Waals surface area contributed by atoms with Gasteiger partial charge in [0.2, 0.25) is 0 Å². The molecule has 0 aliphatic rings. The van der Waals surface area contributed by atoms with E-state index in [4.69, 9.17) is 18.9 Å². The number of rotatable bonds is 15. The summed E-state index contributed by atoms with van der Waals surface area (Å²) in [6, 6.07) is 8.40. The van der Waals surface area contributed by atoms with E-state index >= 15 is 0 Å². The Kier molecular flexibility index (Phi) is 11.0. The van der Waals surface area contributed by atoms with E-state index in [-0.39, 0.29) is 0 Å². The molecule has 0 atom stereocenters. The first-order valence-electron chi connectivity index (χ1n) is 8.31. The third-order valence-corrected chi connectivity index (χ3v) is 5.13. The summed E-state index contributed by atoms with van der Waals surface area (Å²) in [6.07, 6.45) is 1.96. The van der Waals surface area contributed by atoms with Gasteiger partial charge in [0.25, 0.3) is 0 Å². The van der Waals surface area contributed by atoms with Crippen molar-refractivity contribution in [3.63, 3.8) is 0 Å². The van der Waals surface area contributed by atoms with E-state index in [1.165, 1.54) is 9.75 Å². The zero-order valence-electron chi connectivity index (χ0n) is 14.0. The van der Waals surface area contributed by atoms with Crippen LogP contribution in [0.3, 0.4) is 0 Å². The largest absolute Gasteiger partial charge is 0.379 e. The third-order valence-electron chi connectivity index (χ3n) is 3.26. The first-order valence-corrected chi connectivity index (χ1v) is 10.1. The predicted molar refractivity (Wildman–Crippen MR) is 99.3 cm³/mol. The van der Waals surface area contributed by atoms with Gasteiger partial charge in [0.05, 0.1) is 52.9 Å². The Morgan fingerprint density at radius 1 is 0.542 bits per heavy atom. The Hall–Kier alpha value is -0.760. The zero-order chi connectivity index (χ0) is 16.7. The van der Waals surface area contributed by atoms with Crippen LogP contribution in [-0.4, -0.2) is 52.9 Å². The second kappa shape index (κ2) is 13.5. The van der Waals surface area contributed by atoms with Gasteiger partial charge >= 0.3 is 0 Å². The van der Waals surface area contributed by atoms with Crippen LogP contribution in [-0.2, 0) is 31.8 Å². The Balaban J connectivity index is 1.25. The molecule has 0 amide bonds. The van der Waals surface area contributed by atoms with Crippen LogP contribution < -0.4 is 0 Å². The fourth-order valence-corrected chi connectivity index (χ4v) is 3.40. The highest BCUT2D eigenvalue weighted by Gasteiger charge is 1.96. The maximum Gasteiger partial charge on any atom is 0.0701 e. The molecule has 4 nitrogen and oxygen atoms in total. The molecule has 0 bridgehead atoms. The summed E-state index contributed by atoms with van der Waals surface area (Å²) in [5.41, 5.74) is 0. The van der Waals surface area contributed by atoms with Crippen molar-refractivity contribution in [3.05, 3.63) is 44.8 Å². The van der Waals surface area contributed by atoms with E-state index < -0.39 is 0 Å². The van der Waals surface area contributed by atoms with E-state index in [9.17, 15) is 0 Å². The van der Waals surface area contributed by atoms with Crippen molar-refractivity contribution < 1.29 is 18.9 Å². The molecule has 134 valence electrons. The van der Waals surface area contributed by atoms with Crippen molar-refractivity contribution in [3.8, 4) is 0 Å². The van der Waals surface area contributed by atoms with E-state index in [1.54, 1.807) is 22.7 Å². The minimum Gasteiger partial charge on any atom is -0.379 e. The smallest absolute Gasteiger partial charge is 0.0701 e. The van der Waals surface area contributed by atoms with Crippen molar-refractivity contribution in [1.29, 1.82) is 0 Å². The molecule has 0 saturated carbocycles. The molecule has 0 spiro atoms. The lowest BCUT2D eigenvalue weighted by Crippen LogP contribution is -2.12. The molecule has 0 unspecified atom stereocenters. The Labute approximate surface area is 152 Å². The maximum atomic E-state index is 5.53. The number of ether oxygens (including phenoxy) is 4. The van der Waals surface area contributed by atoms with Gasteiger partial charge in [-0.1, -0.05) is 12.1 Å². The molecule has 0 radical (unpaired) electrons. The van der Waals surface area contributed by atoms with E-state index in [0.717, 1.165) is 26.1 Å². The summed E-state index contributed by atoms with van der Waals surface area (Å²) in [5, 5.41) is 4.18. The topological polar surface area (TPSA) is 36.9 Å². The number of hydrogen-bond donors (Lipinski definition) is 0. The highest BCUT2D eigenvalue weighted by Crippen LogP contribution is 2.09. The second-order valence-electron chi connectivity index (χ2n) is 5.11.